The number of aliphatic imine (C=N–C) groups is 1. The fourth-order valence-electron chi connectivity index (χ4n) is 2.26. The fraction of sp³-hybridized carbons (Fsp3) is 0.333. The maximum absolute atomic E-state index is 12.8. The third-order valence-electron chi connectivity index (χ3n) is 3.27. The summed E-state index contributed by atoms with van der Waals surface area (Å²) in [5.41, 5.74) is 14.2. The lowest BCUT2D eigenvalue weighted by molar-refractivity contribution is -0.274. The van der Waals surface area contributed by atoms with Crippen LogP contribution in [0.5, 0.6) is 5.75 Å². The van der Waals surface area contributed by atoms with Crippen LogP contribution in [0.2, 0.25) is 0 Å². The Labute approximate surface area is 147 Å². The van der Waals surface area contributed by atoms with Crippen molar-refractivity contribution in [3.8, 4) is 5.75 Å². The quantitative estimate of drug-likeness (QED) is 0.604. The number of rotatable bonds is 6. The number of nitrogens with zero attached hydrogens (tertiary/aromatic N) is 2. The predicted molar refractivity (Wildman–Crippen MR) is 90.4 cm³/mol. The Morgan fingerprint density at radius 1 is 1.42 bits per heavy atom. The number of hydrogen-bond donors (Lipinski definition) is 4. The Balaban J connectivity index is 2.47. The van der Waals surface area contributed by atoms with Crippen LogP contribution in [0.1, 0.15) is 12.5 Å². The molecule has 6 N–H and O–H groups in total. The molecule has 1 aliphatic heterocycles. The van der Waals surface area contributed by atoms with Gasteiger partial charge in [-0.25, -0.2) is 15.2 Å². The van der Waals surface area contributed by atoms with Gasteiger partial charge >= 0.3 is 12.4 Å². The second-order valence-electron chi connectivity index (χ2n) is 5.34. The highest BCUT2D eigenvalue weighted by Crippen LogP contribution is 2.31. The molecule has 1 aromatic rings. The van der Waals surface area contributed by atoms with E-state index >= 15 is 0 Å². The molecule has 0 aromatic heterocycles. The van der Waals surface area contributed by atoms with Gasteiger partial charge in [0.25, 0.3) is 0 Å². The molecule has 0 spiro atoms. The number of anilines is 1. The highest BCUT2D eigenvalue weighted by Gasteiger charge is 2.33. The molecular formula is C15H19F3N6O2. The van der Waals surface area contributed by atoms with E-state index in [1.807, 2.05) is 0 Å². The van der Waals surface area contributed by atoms with Crippen molar-refractivity contribution in [1.29, 1.82) is 0 Å². The van der Waals surface area contributed by atoms with Gasteiger partial charge in [-0.3, -0.25) is 5.01 Å². The highest BCUT2D eigenvalue weighted by atomic mass is 19.4. The second-order valence-corrected chi connectivity index (χ2v) is 5.34. The normalized spacial score (nSPS) is 14.6. The van der Waals surface area contributed by atoms with Gasteiger partial charge in [0, 0.05) is 30.5 Å². The first kappa shape index (κ1) is 19.5. The highest BCUT2D eigenvalue weighted by molar-refractivity contribution is 6.03. The average molecular weight is 372 g/mol. The summed E-state index contributed by atoms with van der Waals surface area (Å²) in [6.45, 7) is 2.85. The van der Waals surface area contributed by atoms with Crippen LogP contribution >= 0.6 is 0 Å². The van der Waals surface area contributed by atoms with Crippen molar-refractivity contribution in [1.82, 2.24) is 10.4 Å². The minimum absolute atomic E-state index is 0.0608. The lowest BCUT2D eigenvalue weighted by Gasteiger charge is -2.29. The summed E-state index contributed by atoms with van der Waals surface area (Å²) < 4.78 is 42.6. The number of ether oxygens (including phenoxy) is 1. The molecule has 26 heavy (non-hydrogen) atoms. The maximum atomic E-state index is 12.8. The van der Waals surface area contributed by atoms with Gasteiger partial charge in [-0.05, 0) is 25.1 Å². The van der Waals surface area contributed by atoms with Crippen molar-refractivity contribution < 1.29 is 22.7 Å². The standard InChI is InChI=1S/C15H19F3N6O2/c1-9-4-7-24(21-6-5-19)13(22-9)11-3-2-10(23-14(20)25)8-12(11)26-15(16,17)18/h2-4,8,21H,5-7,19H2,1H3,(H3,20,23,25). The number of allylic oxidation sites excluding steroid dienone is 1. The first-order valence-electron chi connectivity index (χ1n) is 7.63. The van der Waals surface area contributed by atoms with Crippen molar-refractivity contribution in [3.05, 3.63) is 35.5 Å². The second kappa shape index (κ2) is 8.06. The number of urea groups is 1. The number of primary amides is 1. The van der Waals surface area contributed by atoms with E-state index in [0.29, 0.717) is 25.3 Å². The molecule has 1 aromatic carbocycles. The molecule has 1 heterocycles. The predicted octanol–water partition coefficient (Wildman–Crippen LogP) is 1.51. The molecule has 11 heteroatoms. The number of nitrogens with one attached hydrogen (secondary N) is 2. The van der Waals surface area contributed by atoms with Gasteiger partial charge in [0.05, 0.1) is 12.1 Å². The number of carbonyl (C=O) groups is 1. The molecule has 2 rings (SSSR count). The van der Waals surface area contributed by atoms with Gasteiger partial charge < -0.3 is 21.5 Å². The zero-order chi connectivity index (χ0) is 19.3. The molecule has 142 valence electrons. The van der Waals surface area contributed by atoms with Gasteiger partial charge in [-0.2, -0.15) is 0 Å². The average Bonchev–Trinajstić information content (AvgIpc) is 2.52. The first-order valence-corrected chi connectivity index (χ1v) is 7.63. The monoisotopic (exact) mass is 372 g/mol. The molecule has 0 bridgehead atoms. The number of amides is 2. The summed E-state index contributed by atoms with van der Waals surface area (Å²) in [6, 6.07) is 2.89. The number of alkyl halides is 3. The van der Waals surface area contributed by atoms with Gasteiger partial charge in [-0.1, -0.05) is 0 Å². The van der Waals surface area contributed by atoms with Gasteiger partial charge in [-0.15, -0.1) is 13.2 Å². The maximum Gasteiger partial charge on any atom is 0.573 e. The van der Waals surface area contributed by atoms with E-state index in [-0.39, 0.29) is 17.1 Å². The van der Waals surface area contributed by atoms with Crippen LogP contribution in [-0.4, -0.2) is 42.9 Å². The first-order chi connectivity index (χ1) is 12.2. The molecule has 0 aliphatic carbocycles. The van der Waals surface area contributed by atoms with E-state index in [4.69, 9.17) is 11.5 Å². The number of halogens is 3. The van der Waals surface area contributed by atoms with Crippen LogP contribution < -0.4 is 26.9 Å². The molecule has 0 saturated heterocycles. The Morgan fingerprint density at radius 2 is 2.15 bits per heavy atom. The van der Waals surface area contributed by atoms with Crippen molar-refractivity contribution >= 4 is 17.6 Å². The van der Waals surface area contributed by atoms with Gasteiger partial charge in [0.15, 0.2) is 5.84 Å². The number of hydrazine groups is 1. The van der Waals surface area contributed by atoms with Crippen LogP contribution in [0.4, 0.5) is 23.7 Å². The van der Waals surface area contributed by atoms with E-state index < -0.39 is 18.1 Å². The number of amidine groups is 1. The zero-order valence-electron chi connectivity index (χ0n) is 13.9. The number of carbonyl (C=O) groups excluding carboxylic acids is 1. The topological polar surface area (TPSA) is 118 Å². The fourth-order valence-corrected chi connectivity index (χ4v) is 2.26. The summed E-state index contributed by atoms with van der Waals surface area (Å²) in [5.74, 6) is -0.278. The lowest BCUT2D eigenvalue weighted by Crippen LogP contribution is -2.46. The van der Waals surface area contributed by atoms with E-state index in [1.165, 1.54) is 12.1 Å². The third-order valence-corrected chi connectivity index (χ3v) is 3.27. The molecule has 0 unspecified atom stereocenters. The van der Waals surface area contributed by atoms with Crippen LogP contribution in [0.15, 0.2) is 35.0 Å². The van der Waals surface area contributed by atoms with E-state index in [9.17, 15) is 18.0 Å². The van der Waals surface area contributed by atoms with Crippen molar-refractivity contribution in [2.75, 3.05) is 25.0 Å². The zero-order valence-corrected chi connectivity index (χ0v) is 13.9. The van der Waals surface area contributed by atoms with E-state index in [1.54, 1.807) is 18.0 Å². The van der Waals surface area contributed by atoms with E-state index in [2.05, 4.69) is 20.5 Å². The molecule has 0 saturated carbocycles. The van der Waals surface area contributed by atoms with Crippen molar-refractivity contribution in [3.63, 3.8) is 0 Å². The molecule has 0 atom stereocenters. The van der Waals surface area contributed by atoms with Crippen LogP contribution in [0.3, 0.4) is 0 Å². The van der Waals surface area contributed by atoms with Crippen LogP contribution in [0, 0.1) is 0 Å². The summed E-state index contributed by atoms with van der Waals surface area (Å²) in [6.07, 6.45) is -3.12. The molecular weight excluding hydrogens is 353 g/mol. The molecule has 0 fully saturated rings. The lowest BCUT2D eigenvalue weighted by atomic mass is 10.1. The molecule has 0 radical (unpaired) electrons. The number of hydrogen-bond acceptors (Lipinski definition) is 6. The number of benzene rings is 1. The van der Waals surface area contributed by atoms with Crippen LogP contribution in [-0.2, 0) is 0 Å². The van der Waals surface area contributed by atoms with Gasteiger partial charge in [0.1, 0.15) is 5.75 Å². The Bertz CT molecular complexity index is 733. The van der Waals surface area contributed by atoms with Crippen LogP contribution in [0.25, 0.3) is 0 Å². The summed E-state index contributed by atoms with van der Waals surface area (Å²) in [7, 11) is 0. The van der Waals surface area contributed by atoms with E-state index in [0.717, 1.165) is 6.07 Å². The Hall–Kier alpha value is -2.79. The molecule has 1 aliphatic rings. The smallest absolute Gasteiger partial charge is 0.405 e. The molecule has 8 nitrogen and oxygen atoms in total. The Kier molecular flexibility index (Phi) is 6.05. The minimum atomic E-state index is -4.92. The largest absolute Gasteiger partial charge is 0.573 e. The SMILES string of the molecule is CC1=CCN(NCCN)C(c2ccc(NC(N)=O)cc2OC(F)(F)F)=N1. The summed E-state index contributed by atoms with van der Waals surface area (Å²) >= 11 is 0. The summed E-state index contributed by atoms with van der Waals surface area (Å²) in [4.78, 5) is 15.3. The van der Waals surface area contributed by atoms with Gasteiger partial charge in [0.2, 0.25) is 0 Å². The van der Waals surface area contributed by atoms with Crippen molar-refractivity contribution in [2.24, 2.45) is 16.5 Å². The number of nitrogens with two attached hydrogens (primary N) is 2. The summed E-state index contributed by atoms with van der Waals surface area (Å²) in [5, 5.41) is 3.78. The third kappa shape index (κ3) is 5.36. The van der Waals surface area contributed by atoms with Crippen molar-refractivity contribution in [2.45, 2.75) is 13.3 Å². The minimum Gasteiger partial charge on any atom is -0.405 e. The molecule has 2 amide bonds. The Morgan fingerprint density at radius 3 is 2.77 bits per heavy atom.